The van der Waals surface area contributed by atoms with Crippen LogP contribution in [0.15, 0.2) is 24.3 Å². The zero-order valence-electron chi connectivity index (χ0n) is 9.84. The SMILES string of the molecule is N#Cc1ccc(C(=O)NC2CS(=O)(=O)CC2Cl)cc1. The van der Waals surface area contributed by atoms with E-state index in [4.69, 9.17) is 16.9 Å². The van der Waals surface area contributed by atoms with Gasteiger partial charge in [0.1, 0.15) is 0 Å². The van der Waals surface area contributed by atoms with Gasteiger partial charge in [-0.25, -0.2) is 8.42 Å². The number of alkyl halides is 1. The molecule has 2 atom stereocenters. The number of carbonyl (C=O) groups excluding carboxylic acids is 1. The van der Waals surface area contributed by atoms with Crippen LogP contribution in [0.5, 0.6) is 0 Å². The summed E-state index contributed by atoms with van der Waals surface area (Å²) in [5.41, 5.74) is 0.822. The summed E-state index contributed by atoms with van der Waals surface area (Å²) in [4.78, 5) is 11.9. The van der Waals surface area contributed by atoms with Gasteiger partial charge >= 0.3 is 0 Å². The largest absolute Gasteiger partial charge is 0.347 e. The van der Waals surface area contributed by atoms with Crippen molar-refractivity contribution in [3.63, 3.8) is 0 Å². The Balaban J connectivity index is 2.07. The van der Waals surface area contributed by atoms with Crippen molar-refractivity contribution in [2.75, 3.05) is 11.5 Å². The summed E-state index contributed by atoms with van der Waals surface area (Å²) < 4.78 is 22.8. The lowest BCUT2D eigenvalue weighted by molar-refractivity contribution is 0.0941. The first-order valence-corrected chi connectivity index (χ1v) is 7.82. The summed E-state index contributed by atoms with van der Waals surface area (Å²) in [5.74, 6) is -0.645. The molecule has 100 valence electrons. The van der Waals surface area contributed by atoms with Gasteiger partial charge in [-0.3, -0.25) is 4.79 Å². The lowest BCUT2D eigenvalue weighted by atomic mass is 10.1. The summed E-state index contributed by atoms with van der Waals surface area (Å²) in [7, 11) is -3.17. The van der Waals surface area contributed by atoms with Crippen molar-refractivity contribution >= 4 is 27.3 Å². The first-order valence-electron chi connectivity index (χ1n) is 5.57. The molecule has 7 heteroatoms. The molecule has 1 N–H and O–H groups in total. The summed E-state index contributed by atoms with van der Waals surface area (Å²) in [6, 6.07) is 7.46. The van der Waals surface area contributed by atoms with Gasteiger partial charge in [0.05, 0.1) is 34.6 Å². The van der Waals surface area contributed by atoms with E-state index in [2.05, 4.69) is 5.32 Å². The van der Waals surface area contributed by atoms with E-state index in [-0.39, 0.29) is 11.5 Å². The Morgan fingerprint density at radius 1 is 1.32 bits per heavy atom. The van der Waals surface area contributed by atoms with Crippen LogP contribution in [-0.2, 0) is 9.84 Å². The van der Waals surface area contributed by atoms with E-state index in [1.807, 2.05) is 6.07 Å². The van der Waals surface area contributed by atoms with Crippen molar-refractivity contribution in [3.05, 3.63) is 35.4 Å². The second kappa shape index (κ2) is 5.19. The van der Waals surface area contributed by atoms with Crippen LogP contribution in [-0.4, -0.2) is 37.2 Å². The summed E-state index contributed by atoms with van der Waals surface area (Å²) >= 11 is 5.91. The van der Waals surface area contributed by atoms with Gasteiger partial charge in [-0.2, -0.15) is 5.26 Å². The summed E-state index contributed by atoms with van der Waals surface area (Å²) in [6.45, 7) is 0. The van der Waals surface area contributed by atoms with Crippen LogP contribution in [0.3, 0.4) is 0 Å². The van der Waals surface area contributed by atoms with Gasteiger partial charge in [-0.05, 0) is 24.3 Å². The molecule has 1 saturated heterocycles. The number of sulfone groups is 1. The highest BCUT2D eigenvalue weighted by atomic mass is 35.5. The van der Waals surface area contributed by atoms with Gasteiger partial charge in [0.2, 0.25) is 0 Å². The molecule has 0 radical (unpaired) electrons. The van der Waals surface area contributed by atoms with Gasteiger partial charge in [0, 0.05) is 5.56 Å². The van der Waals surface area contributed by atoms with Gasteiger partial charge in [-0.1, -0.05) is 0 Å². The van der Waals surface area contributed by atoms with Crippen molar-refractivity contribution in [2.24, 2.45) is 0 Å². The van der Waals surface area contributed by atoms with E-state index >= 15 is 0 Å². The molecule has 2 unspecified atom stereocenters. The second-order valence-electron chi connectivity index (χ2n) is 4.36. The predicted molar refractivity (Wildman–Crippen MR) is 70.7 cm³/mol. The first-order chi connectivity index (χ1) is 8.91. The van der Waals surface area contributed by atoms with Gasteiger partial charge < -0.3 is 5.32 Å². The molecule has 1 amide bonds. The Labute approximate surface area is 116 Å². The van der Waals surface area contributed by atoms with E-state index in [1.54, 1.807) is 0 Å². The van der Waals surface area contributed by atoms with E-state index in [9.17, 15) is 13.2 Å². The maximum Gasteiger partial charge on any atom is 0.251 e. The molecule has 1 aromatic rings. The highest BCUT2D eigenvalue weighted by Gasteiger charge is 2.37. The second-order valence-corrected chi connectivity index (χ2v) is 7.08. The van der Waals surface area contributed by atoms with Crippen molar-refractivity contribution in [1.29, 1.82) is 5.26 Å². The lowest BCUT2D eigenvalue weighted by Gasteiger charge is -2.14. The van der Waals surface area contributed by atoms with Crippen LogP contribution in [0.25, 0.3) is 0 Å². The molecule has 5 nitrogen and oxygen atoms in total. The minimum absolute atomic E-state index is 0.118. The average Bonchev–Trinajstić information content (AvgIpc) is 2.62. The number of nitrogens with zero attached hydrogens (tertiary/aromatic N) is 1. The number of rotatable bonds is 2. The number of benzene rings is 1. The third kappa shape index (κ3) is 3.25. The summed E-state index contributed by atoms with van der Waals surface area (Å²) in [5, 5.41) is 10.7. The van der Waals surface area contributed by atoms with Crippen molar-refractivity contribution in [2.45, 2.75) is 11.4 Å². The van der Waals surface area contributed by atoms with Crippen LogP contribution in [0.2, 0.25) is 0 Å². The first kappa shape index (κ1) is 13.8. The molecule has 1 fully saturated rings. The topological polar surface area (TPSA) is 87.0 Å². The third-order valence-corrected chi connectivity index (χ3v) is 5.25. The molecule has 0 bridgehead atoms. The Morgan fingerprint density at radius 3 is 2.42 bits per heavy atom. The smallest absolute Gasteiger partial charge is 0.251 e. The van der Waals surface area contributed by atoms with Crippen LogP contribution in [0, 0.1) is 11.3 Å². The number of nitriles is 1. The van der Waals surface area contributed by atoms with E-state index < -0.39 is 27.2 Å². The van der Waals surface area contributed by atoms with Crippen LogP contribution in [0.1, 0.15) is 15.9 Å². The number of halogens is 1. The predicted octanol–water partition coefficient (Wildman–Crippen LogP) is 0.692. The molecule has 0 spiro atoms. The highest BCUT2D eigenvalue weighted by molar-refractivity contribution is 7.91. The Hall–Kier alpha value is -1.58. The third-order valence-electron chi connectivity index (χ3n) is 2.88. The number of hydrogen-bond donors (Lipinski definition) is 1. The molecular formula is C12H11ClN2O3S. The molecule has 1 heterocycles. The zero-order valence-corrected chi connectivity index (χ0v) is 11.4. The quantitative estimate of drug-likeness (QED) is 0.814. The zero-order chi connectivity index (χ0) is 14.0. The fourth-order valence-corrected chi connectivity index (χ4v) is 4.43. The Morgan fingerprint density at radius 2 is 1.95 bits per heavy atom. The van der Waals surface area contributed by atoms with Crippen molar-refractivity contribution in [1.82, 2.24) is 5.32 Å². The van der Waals surface area contributed by atoms with Gasteiger partial charge in [0.15, 0.2) is 9.84 Å². The van der Waals surface area contributed by atoms with Crippen molar-refractivity contribution in [3.8, 4) is 6.07 Å². The number of amides is 1. The van der Waals surface area contributed by atoms with Crippen molar-refractivity contribution < 1.29 is 13.2 Å². The van der Waals surface area contributed by atoms with E-state index in [0.717, 1.165) is 0 Å². The number of hydrogen-bond acceptors (Lipinski definition) is 4. The minimum Gasteiger partial charge on any atom is -0.347 e. The Kier molecular flexibility index (Phi) is 3.78. The average molecular weight is 299 g/mol. The maximum absolute atomic E-state index is 11.9. The highest BCUT2D eigenvalue weighted by Crippen LogP contribution is 2.18. The molecule has 0 aromatic heterocycles. The van der Waals surface area contributed by atoms with Crippen LogP contribution >= 0.6 is 11.6 Å². The normalized spacial score (nSPS) is 24.6. The lowest BCUT2D eigenvalue weighted by Crippen LogP contribution is -2.40. The molecular weight excluding hydrogens is 288 g/mol. The minimum atomic E-state index is -3.17. The fourth-order valence-electron chi connectivity index (χ4n) is 1.88. The van der Waals surface area contributed by atoms with E-state index in [1.165, 1.54) is 24.3 Å². The number of carbonyl (C=O) groups is 1. The fraction of sp³-hybridized carbons (Fsp3) is 0.333. The maximum atomic E-state index is 11.9. The molecule has 0 saturated carbocycles. The molecule has 1 aromatic carbocycles. The monoisotopic (exact) mass is 298 g/mol. The molecule has 1 aliphatic heterocycles. The van der Waals surface area contributed by atoms with Gasteiger partial charge in [0.25, 0.3) is 5.91 Å². The van der Waals surface area contributed by atoms with Crippen LogP contribution in [0.4, 0.5) is 0 Å². The van der Waals surface area contributed by atoms with E-state index in [0.29, 0.717) is 11.1 Å². The van der Waals surface area contributed by atoms with Gasteiger partial charge in [-0.15, -0.1) is 11.6 Å². The molecule has 19 heavy (non-hydrogen) atoms. The molecule has 0 aliphatic carbocycles. The molecule has 1 aliphatic rings. The Bertz CT molecular complexity index is 634. The summed E-state index contributed by atoms with van der Waals surface area (Å²) in [6.07, 6.45) is 0. The number of nitrogens with one attached hydrogen (secondary N) is 1. The standard InChI is InChI=1S/C12H11ClN2O3S/c13-10-6-19(17,18)7-11(10)15-12(16)9-3-1-8(5-14)2-4-9/h1-4,10-11H,6-7H2,(H,15,16). The van der Waals surface area contributed by atoms with Crippen LogP contribution < -0.4 is 5.32 Å². The molecule has 2 rings (SSSR count).